The fraction of sp³-hybridized carbons (Fsp3) is 0.333. The van der Waals surface area contributed by atoms with E-state index in [1.54, 1.807) is 30.3 Å². The number of hydrogen-bond donors (Lipinski definition) is 2. The molecule has 1 rings (SSSR count). The summed E-state index contributed by atoms with van der Waals surface area (Å²) in [5.74, 6) is -1.93. The summed E-state index contributed by atoms with van der Waals surface area (Å²) in [4.78, 5) is 45.5. The molecule has 0 aliphatic carbocycles. The average molecular weight is 306 g/mol. The quantitative estimate of drug-likeness (QED) is 0.596. The zero-order valence-electron chi connectivity index (χ0n) is 12.4. The second-order valence-electron chi connectivity index (χ2n) is 4.64. The number of esters is 1. The highest BCUT2D eigenvalue weighted by Crippen LogP contribution is 1.99. The number of amides is 2. The van der Waals surface area contributed by atoms with Crippen molar-refractivity contribution in [3.05, 3.63) is 35.9 Å². The fourth-order valence-corrected chi connectivity index (χ4v) is 1.47. The van der Waals surface area contributed by atoms with Crippen LogP contribution in [0, 0.1) is 0 Å². The van der Waals surface area contributed by atoms with E-state index in [4.69, 9.17) is 4.74 Å². The Hall–Kier alpha value is -2.70. The van der Waals surface area contributed by atoms with E-state index in [-0.39, 0.29) is 18.6 Å². The van der Waals surface area contributed by atoms with Crippen molar-refractivity contribution in [2.24, 2.45) is 0 Å². The Bertz CT molecular complexity index is 556. The number of hydrogen-bond acceptors (Lipinski definition) is 5. The molecule has 7 nitrogen and oxygen atoms in total. The molecule has 0 saturated heterocycles. The van der Waals surface area contributed by atoms with E-state index in [0.29, 0.717) is 5.56 Å². The number of hydrazine groups is 1. The lowest BCUT2D eigenvalue weighted by molar-refractivity contribution is -0.155. The van der Waals surface area contributed by atoms with Crippen LogP contribution in [0.5, 0.6) is 0 Å². The van der Waals surface area contributed by atoms with E-state index >= 15 is 0 Å². The minimum atomic E-state index is -1.07. The van der Waals surface area contributed by atoms with Gasteiger partial charge in [-0.05, 0) is 26.0 Å². The smallest absolute Gasteiger partial charge is 0.307 e. The highest BCUT2D eigenvalue weighted by molar-refractivity contribution is 5.95. The summed E-state index contributed by atoms with van der Waals surface area (Å²) in [6.07, 6.45) is -1.09. The minimum absolute atomic E-state index is 0.0674. The van der Waals surface area contributed by atoms with Crippen LogP contribution in [0.25, 0.3) is 0 Å². The first-order chi connectivity index (χ1) is 10.4. The van der Waals surface area contributed by atoms with Gasteiger partial charge < -0.3 is 9.53 Å². The van der Waals surface area contributed by atoms with Crippen molar-refractivity contribution in [2.45, 2.75) is 32.8 Å². The zero-order valence-corrected chi connectivity index (χ0v) is 12.4. The molecule has 0 spiro atoms. The molecule has 0 aliphatic rings. The lowest BCUT2D eigenvalue weighted by Crippen LogP contribution is -2.46. The first kappa shape index (κ1) is 17.4. The highest BCUT2D eigenvalue weighted by Gasteiger charge is 2.18. The Morgan fingerprint density at radius 2 is 1.68 bits per heavy atom. The van der Waals surface area contributed by atoms with Gasteiger partial charge in [0.05, 0.1) is 6.42 Å². The molecule has 118 valence electrons. The number of nitrogens with one attached hydrogen (secondary N) is 2. The van der Waals surface area contributed by atoms with Gasteiger partial charge in [-0.2, -0.15) is 0 Å². The fourth-order valence-electron chi connectivity index (χ4n) is 1.47. The van der Waals surface area contributed by atoms with Crippen LogP contribution in [-0.4, -0.2) is 29.7 Å². The van der Waals surface area contributed by atoms with Gasteiger partial charge in [-0.25, -0.2) is 0 Å². The molecule has 2 amide bonds. The lowest BCUT2D eigenvalue weighted by Gasteiger charge is -2.13. The summed E-state index contributed by atoms with van der Waals surface area (Å²) in [7, 11) is 0. The molecule has 0 aliphatic heterocycles. The molecule has 0 fully saturated rings. The maximum absolute atomic E-state index is 11.7. The van der Waals surface area contributed by atoms with Gasteiger partial charge in [0, 0.05) is 12.0 Å². The number of ketones is 1. The molecule has 1 atom stereocenters. The predicted molar refractivity (Wildman–Crippen MR) is 77.5 cm³/mol. The van der Waals surface area contributed by atoms with Crippen molar-refractivity contribution >= 4 is 23.6 Å². The second-order valence-corrected chi connectivity index (χ2v) is 4.64. The molecule has 22 heavy (non-hydrogen) atoms. The number of carbonyl (C=O) groups excluding carboxylic acids is 4. The van der Waals surface area contributed by atoms with Crippen LogP contribution in [0.15, 0.2) is 30.3 Å². The average Bonchev–Trinajstić information content (AvgIpc) is 2.51. The van der Waals surface area contributed by atoms with E-state index in [1.165, 1.54) is 13.8 Å². The largest absolute Gasteiger partial charge is 0.452 e. The van der Waals surface area contributed by atoms with E-state index in [2.05, 4.69) is 10.9 Å². The monoisotopic (exact) mass is 306 g/mol. The van der Waals surface area contributed by atoms with Crippen molar-refractivity contribution in [3.8, 4) is 0 Å². The maximum Gasteiger partial charge on any atom is 0.307 e. The van der Waals surface area contributed by atoms with E-state index in [0.717, 1.165) is 0 Å². The molecule has 1 aromatic carbocycles. The third kappa shape index (κ3) is 6.17. The molecule has 2 N–H and O–H groups in total. The highest BCUT2D eigenvalue weighted by atomic mass is 16.5. The van der Waals surface area contributed by atoms with E-state index < -0.39 is 23.9 Å². The van der Waals surface area contributed by atoms with Gasteiger partial charge >= 0.3 is 5.97 Å². The van der Waals surface area contributed by atoms with Crippen LogP contribution in [0.1, 0.15) is 37.0 Å². The van der Waals surface area contributed by atoms with E-state index in [9.17, 15) is 19.2 Å². The predicted octanol–water partition coefficient (Wildman–Crippen LogP) is 0.749. The Kier molecular flexibility index (Phi) is 6.75. The van der Waals surface area contributed by atoms with E-state index in [1.807, 2.05) is 0 Å². The Balaban J connectivity index is 2.36. The van der Waals surface area contributed by atoms with Crippen LogP contribution in [0.4, 0.5) is 0 Å². The van der Waals surface area contributed by atoms with Crippen molar-refractivity contribution in [2.75, 3.05) is 0 Å². The lowest BCUT2D eigenvalue weighted by atomic mass is 10.2. The Morgan fingerprint density at radius 1 is 1.05 bits per heavy atom. The van der Waals surface area contributed by atoms with Gasteiger partial charge in [0.25, 0.3) is 11.8 Å². The van der Waals surface area contributed by atoms with Crippen LogP contribution in [0.2, 0.25) is 0 Å². The summed E-state index contributed by atoms with van der Waals surface area (Å²) >= 11 is 0. The summed E-state index contributed by atoms with van der Waals surface area (Å²) in [5.41, 5.74) is 4.77. The first-order valence-electron chi connectivity index (χ1n) is 6.74. The third-order valence-corrected chi connectivity index (χ3v) is 2.69. The molecule has 0 radical (unpaired) electrons. The third-order valence-electron chi connectivity index (χ3n) is 2.69. The molecule has 0 bridgehead atoms. The topological polar surface area (TPSA) is 102 Å². The Morgan fingerprint density at radius 3 is 2.27 bits per heavy atom. The molecule has 0 unspecified atom stereocenters. The van der Waals surface area contributed by atoms with Crippen molar-refractivity contribution in [1.82, 2.24) is 10.9 Å². The van der Waals surface area contributed by atoms with Gasteiger partial charge in [-0.3, -0.25) is 25.2 Å². The van der Waals surface area contributed by atoms with Crippen molar-refractivity contribution < 1.29 is 23.9 Å². The molecule has 7 heteroatoms. The van der Waals surface area contributed by atoms with Crippen LogP contribution in [0.3, 0.4) is 0 Å². The van der Waals surface area contributed by atoms with Crippen molar-refractivity contribution in [3.63, 3.8) is 0 Å². The van der Waals surface area contributed by atoms with Gasteiger partial charge in [0.1, 0.15) is 5.78 Å². The number of Topliss-reactive ketones (excluding diaryl/α,β-unsaturated/α-hetero) is 1. The summed E-state index contributed by atoms with van der Waals surface area (Å²) in [6, 6.07) is 8.32. The standard InChI is InChI=1S/C15H18N2O5/c1-10(18)8-9-13(19)22-11(2)14(20)16-17-15(21)12-6-4-3-5-7-12/h3-7,11H,8-9H2,1-2H3,(H,16,20)(H,17,21)/t11-/m1/s1. The van der Waals surface area contributed by atoms with Crippen LogP contribution < -0.4 is 10.9 Å². The molecular formula is C15H18N2O5. The normalized spacial score (nSPS) is 11.2. The van der Waals surface area contributed by atoms with Gasteiger partial charge in [-0.1, -0.05) is 18.2 Å². The molecule has 0 saturated carbocycles. The number of carbonyl (C=O) groups is 4. The minimum Gasteiger partial charge on any atom is -0.452 e. The van der Waals surface area contributed by atoms with Crippen molar-refractivity contribution in [1.29, 1.82) is 0 Å². The summed E-state index contributed by atoms with van der Waals surface area (Å²) in [5, 5.41) is 0. The van der Waals surface area contributed by atoms with Gasteiger partial charge in [0.2, 0.25) is 0 Å². The Labute approximate surface area is 128 Å². The summed E-state index contributed by atoms with van der Waals surface area (Å²) < 4.78 is 4.85. The molecule has 0 aromatic heterocycles. The number of ether oxygens (including phenoxy) is 1. The van der Waals surface area contributed by atoms with Gasteiger partial charge in [0.15, 0.2) is 6.10 Å². The zero-order chi connectivity index (χ0) is 16.5. The molecule has 0 heterocycles. The SMILES string of the molecule is CC(=O)CCC(=O)O[C@H](C)C(=O)NNC(=O)c1ccccc1. The van der Waals surface area contributed by atoms with Gasteiger partial charge in [-0.15, -0.1) is 0 Å². The van der Waals surface area contributed by atoms with Crippen LogP contribution in [-0.2, 0) is 19.1 Å². The number of rotatable bonds is 6. The summed E-state index contributed by atoms with van der Waals surface area (Å²) in [6.45, 7) is 2.73. The maximum atomic E-state index is 11.7. The molecule has 1 aromatic rings. The number of benzene rings is 1. The second kappa shape index (κ2) is 8.56. The first-order valence-corrected chi connectivity index (χ1v) is 6.74. The molecular weight excluding hydrogens is 288 g/mol. The van der Waals surface area contributed by atoms with Crippen LogP contribution >= 0.6 is 0 Å².